The van der Waals surface area contributed by atoms with Crippen LogP contribution in [0.3, 0.4) is 0 Å². The minimum Gasteiger partial charge on any atom is -0.480 e. The molecule has 1 aromatic heterocycles. The molecule has 0 unspecified atom stereocenters. The van der Waals surface area contributed by atoms with Crippen LogP contribution in [0.2, 0.25) is 0 Å². The predicted octanol–water partition coefficient (Wildman–Crippen LogP) is 3.73. The number of aliphatic carboxylic acids is 1. The van der Waals surface area contributed by atoms with E-state index in [-0.39, 0.29) is 11.5 Å². The molecule has 1 aromatic carbocycles. The zero-order valence-electron chi connectivity index (χ0n) is 18.1. The number of carboxylic acid groups (broad SMARTS) is 1. The van der Waals surface area contributed by atoms with Gasteiger partial charge in [-0.2, -0.15) is 0 Å². The molecule has 0 spiro atoms. The van der Waals surface area contributed by atoms with Crippen LogP contribution in [0.5, 0.6) is 0 Å². The van der Waals surface area contributed by atoms with Gasteiger partial charge in [0.2, 0.25) is 0 Å². The van der Waals surface area contributed by atoms with Crippen molar-refractivity contribution in [3.05, 3.63) is 63.1 Å². The molecule has 0 saturated heterocycles. The molecule has 0 aliphatic heterocycles. The molecule has 2 N–H and O–H groups in total. The zero-order chi connectivity index (χ0) is 21.7. The molecular formula is C23H31N3O3. The summed E-state index contributed by atoms with van der Waals surface area (Å²) in [5.41, 5.74) is 5.39. The standard InChI is InChI=1S/C23H31N3O3/c1-7-19(23(28)29)24-12-17-9-8-15(4)20(11-17)25-21(14(2)3)18-10-16(5)22(27)26(6)13-18/h8-11,13-14,19,24H,7,12H2,1-6H3,(H,28,29)/b25-21+/t19-/m0/s1. The fourth-order valence-electron chi connectivity index (χ4n) is 3.21. The van der Waals surface area contributed by atoms with E-state index >= 15 is 0 Å². The monoisotopic (exact) mass is 397 g/mol. The smallest absolute Gasteiger partial charge is 0.320 e. The zero-order valence-corrected chi connectivity index (χ0v) is 18.1. The number of carboxylic acids is 1. The minimum atomic E-state index is -0.843. The van der Waals surface area contributed by atoms with Crippen LogP contribution in [-0.4, -0.2) is 27.4 Å². The molecule has 156 valence electrons. The van der Waals surface area contributed by atoms with E-state index in [0.29, 0.717) is 18.5 Å². The van der Waals surface area contributed by atoms with Crippen molar-refractivity contribution in [2.45, 2.75) is 53.6 Å². The van der Waals surface area contributed by atoms with Crippen LogP contribution >= 0.6 is 0 Å². The van der Waals surface area contributed by atoms with Crippen LogP contribution in [0.4, 0.5) is 5.69 Å². The molecule has 0 radical (unpaired) electrons. The number of aromatic nitrogens is 1. The molecule has 0 aliphatic rings. The number of nitrogens with zero attached hydrogens (tertiary/aromatic N) is 2. The lowest BCUT2D eigenvalue weighted by molar-refractivity contribution is -0.139. The Kier molecular flexibility index (Phi) is 7.51. The maximum atomic E-state index is 12.0. The molecule has 1 atom stereocenters. The van der Waals surface area contributed by atoms with E-state index in [0.717, 1.165) is 28.1 Å². The second kappa shape index (κ2) is 9.65. The summed E-state index contributed by atoms with van der Waals surface area (Å²) >= 11 is 0. The number of pyridine rings is 1. The average Bonchev–Trinajstić information content (AvgIpc) is 2.65. The molecule has 6 nitrogen and oxygen atoms in total. The second-order valence-electron chi connectivity index (χ2n) is 7.78. The highest BCUT2D eigenvalue weighted by Gasteiger charge is 2.15. The van der Waals surface area contributed by atoms with Crippen molar-refractivity contribution in [3.8, 4) is 0 Å². The van der Waals surface area contributed by atoms with Crippen molar-refractivity contribution in [2.24, 2.45) is 18.0 Å². The third-order valence-corrected chi connectivity index (χ3v) is 4.98. The van der Waals surface area contributed by atoms with E-state index in [2.05, 4.69) is 19.2 Å². The number of aliphatic imine (C=N–C) groups is 1. The highest BCUT2D eigenvalue weighted by molar-refractivity contribution is 6.03. The number of nitrogens with one attached hydrogen (secondary N) is 1. The van der Waals surface area contributed by atoms with Gasteiger partial charge in [-0.15, -0.1) is 0 Å². The van der Waals surface area contributed by atoms with Gasteiger partial charge in [0.25, 0.3) is 5.56 Å². The first-order chi connectivity index (χ1) is 13.6. The Bertz CT molecular complexity index is 948. The molecule has 2 aromatic rings. The van der Waals surface area contributed by atoms with Gasteiger partial charge < -0.3 is 15.0 Å². The minimum absolute atomic E-state index is 0.00924. The molecule has 1 heterocycles. The van der Waals surface area contributed by atoms with Gasteiger partial charge in [0.05, 0.1) is 11.4 Å². The summed E-state index contributed by atoms with van der Waals surface area (Å²) in [6.45, 7) is 10.3. The first-order valence-corrected chi connectivity index (χ1v) is 9.96. The Hall–Kier alpha value is -2.73. The summed E-state index contributed by atoms with van der Waals surface area (Å²) in [6, 6.07) is 7.31. The molecule has 0 amide bonds. The lowest BCUT2D eigenvalue weighted by atomic mass is 9.99. The molecule has 0 fully saturated rings. The normalized spacial score (nSPS) is 13.0. The second-order valence-corrected chi connectivity index (χ2v) is 7.78. The van der Waals surface area contributed by atoms with Crippen LogP contribution in [0.25, 0.3) is 0 Å². The molecular weight excluding hydrogens is 366 g/mol. The van der Waals surface area contributed by atoms with Crippen LogP contribution in [0.15, 0.2) is 40.2 Å². The van der Waals surface area contributed by atoms with Crippen molar-refractivity contribution in [1.82, 2.24) is 9.88 Å². The van der Waals surface area contributed by atoms with Gasteiger partial charge >= 0.3 is 5.97 Å². The van der Waals surface area contributed by atoms with Crippen LogP contribution in [-0.2, 0) is 18.4 Å². The summed E-state index contributed by atoms with van der Waals surface area (Å²) in [4.78, 5) is 28.2. The third kappa shape index (κ3) is 5.64. The molecule has 2 rings (SSSR count). The Morgan fingerprint density at radius 2 is 1.90 bits per heavy atom. The van der Waals surface area contributed by atoms with Gasteiger partial charge in [-0.25, -0.2) is 0 Å². The van der Waals surface area contributed by atoms with Gasteiger partial charge in [0, 0.05) is 30.9 Å². The lowest BCUT2D eigenvalue weighted by Gasteiger charge is -2.15. The maximum Gasteiger partial charge on any atom is 0.320 e. The van der Waals surface area contributed by atoms with Crippen LogP contribution in [0.1, 0.15) is 49.4 Å². The van der Waals surface area contributed by atoms with Crippen molar-refractivity contribution in [3.63, 3.8) is 0 Å². The van der Waals surface area contributed by atoms with Crippen LogP contribution in [0, 0.1) is 19.8 Å². The Balaban J connectivity index is 2.41. The van der Waals surface area contributed by atoms with E-state index in [1.807, 2.05) is 51.2 Å². The summed E-state index contributed by atoms with van der Waals surface area (Å²) in [6.07, 6.45) is 2.35. The number of hydrogen-bond donors (Lipinski definition) is 2. The molecule has 0 bridgehead atoms. The molecule has 0 aliphatic carbocycles. The Morgan fingerprint density at radius 3 is 2.45 bits per heavy atom. The highest BCUT2D eigenvalue weighted by atomic mass is 16.4. The van der Waals surface area contributed by atoms with Gasteiger partial charge in [0.15, 0.2) is 0 Å². The number of carbonyl (C=O) groups is 1. The lowest BCUT2D eigenvalue weighted by Crippen LogP contribution is -2.35. The van der Waals surface area contributed by atoms with E-state index < -0.39 is 12.0 Å². The van der Waals surface area contributed by atoms with Crippen LogP contribution < -0.4 is 10.9 Å². The third-order valence-electron chi connectivity index (χ3n) is 4.98. The fourth-order valence-corrected chi connectivity index (χ4v) is 3.21. The van der Waals surface area contributed by atoms with Gasteiger partial charge in [-0.05, 0) is 49.4 Å². The van der Waals surface area contributed by atoms with Crippen molar-refractivity contribution in [2.75, 3.05) is 0 Å². The summed E-state index contributed by atoms with van der Waals surface area (Å²) in [5, 5.41) is 12.3. The van der Waals surface area contributed by atoms with E-state index in [1.165, 1.54) is 0 Å². The fraction of sp³-hybridized carbons (Fsp3) is 0.435. The molecule has 0 saturated carbocycles. The van der Waals surface area contributed by atoms with Crippen molar-refractivity contribution >= 4 is 17.4 Å². The largest absolute Gasteiger partial charge is 0.480 e. The van der Waals surface area contributed by atoms with E-state index in [1.54, 1.807) is 11.6 Å². The van der Waals surface area contributed by atoms with Crippen molar-refractivity contribution < 1.29 is 9.90 Å². The van der Waals surface area contributed by atoms with Gasteiger partial charge in [-0.3, -0.25) is 14.6 Å². The first-order valence-electron chi connectivity index (χ1n) is 9.96. The average molecular weight is 398 g/mol. The number of hydrogen-bond acceptors (Lipinski definition) is 4. The molecule has 6 heteroatoms. The highest BCUT2D eigenvalue weighted by Crippen LogP contribution is 2.24. The van der Waals surface area contributed by atoms with E-state index in [9.17, 15) is 14.7 Å². The van der Waals surface area contributed by atoms with E-state index in [4.69, 9.17) is 4.99 Å². The van der Waals surface area contributed by atoms with Gasteiger partial charge in [0.1, 0.15) is 6.04 Å². The number of rotatable bonds is 8. The van der Waals surface area contributed by atoms with Crippen molar-refractivity contribution in [1.29, 1.82) is 0 Å². The maximum absolute atomic E-state index is 12.0. The number of benzene rings is 1. The molecule has 29 heavy (non-hydrogen) atoms. The van der Waals surface area contributed by atoms with Gasteiger partial charge in [-0.1, -0.05) is 32.9 Å². The topological polar surface area (TPSA) is 83.7 Å². The first kappa shape index (κ1) is 22.6. The summed E-state index contributed by atoms with van der Waals surface area (Å²) in [7, 11) is 1.75. The SMILES string of the molecule is CC[C@H](NCc1ccc(C)c(/N=C(/c2cc(C)c(=O)n(C)c2)C(C)C)c1)C(=O)O. The Labute approximate surface area is 172 Å². The quantitative estimate of drug-likeness (QED) is 0.665. The summed E-state index contributed by atoms with van der Waals surface area (Å²) < 4.78 is 1.59. The number of aryl methyl sites for hydroxylation is 3. The summed E-state index contributed by atoms with van der Waals surface area (Å²) in [5.74, 6) is -0.672. The predicted molar refractivity (Wildman–Crippen MR) is 117 cm³/mol. The Morgan fingerprint density at radius 1 is 1.21 bits per heavy atom.